The highest BCUT2D eigenvalue weighted by atomic mass is 35.5. The number of benzene rings is 1. The van der Waals surface area contributed by atoms with Crippen molar-refractivity contribution in [3.8, 4) is 0 Å². The number of aromatic nitrogens is 4. The highest BCUT2D eigenvalue weighted by Gasteiger charge is 2.46. The first-order valence-corrected chi connectivity index (χ1v) is 9.45. The van der Waals surface area contributed by atoms with Gasteiger partial charge in [0.1, 0.15) is 6.10 Å². The molecule has 1 amide bonds. The second-order valence-corrected chi connectivity index (χ2v) is 7.61. The molecule has 26 heavy (non-hydrogen) atoms. The molecule has 0 radical (unpaired) electrons. The summed E-state index contributed by atoms with van der Waals surface area (Å²) in [4.78, 5) is 15.4. The number of hydrogen-bond donors (Lipinski definition) is 1. The third-order valence-corrected chi connectivity index (χ3v) is 6.08. The fourth-order valence-corrected chi connectivity index (χ4v) is 4.30. The van der Waals surface area contributed by atoms with Crippen LogP contribution in [-0.2, 0) is 14.9 Å². The quantitative estimate of drug-likeness (QED) is 0.863. The lowest BCUT2D eigenvalue weighted by molar-refractivity contribution is -0.145. The number of carbonyl (C=O) groups is 1. The van der Waals surface area contributed by atoms with Crippen LogP contribution in [0.4, 0.5) is 0 Å². The fraction of sp³-hybridized carbons (Fsp3) is 0.529. The number of H-pyrrole nitrogens is 1. The second-order valence-electron chi connectivity index (χ2n) is 6.80. The minimum atomic E-state index is -0.548. The van der Waals surface area contributed by atoms with Crippen LogP contribution in [0.5, 0.6) is 0 Å². The molecule has 1 saturated carbocycles. The van der Waals surface area contributed by atoms with Crippen LogP contribution in [0.2, 0.25) is 10.0 Å². The Morgan fingerprint density at radius 3 is 2.77 bits per heavy atom. The van der Waals surface area contributed by atoms with Crippen molar-refractivity contribution in [2.45, 2.75) is 37.2 Å². The van der Waals surface area contributed by atoms with Gasteiger partial charge in [-0.1, -0.05) is 47.3 Å². The molecule has 1 atom stereocenters. The van der Waals surface area contributed by atoms with E-state index in [0.717, 1.165) is 31.2 Å². The zero-order chi connectivity index (χ0) is 18.1. The van der Waals surface area contributed by atoms with Crippen molar-refractivity contribution in [2.24, 2.45) is 0 Å². The Kier molecular flexibility index (Phi) is 4.86. The number of halogens is 2. The summed E-state index contributed by atoms with van der Waals surface area (Å²) >= 11 is 12.3. The Morgan fingerprint density at radius 2 is 2.08 bits per heavy atom. The number of amides is 1. The zero-order valence-electron chi connectivity index (χ0n) is 14.1. The SMILES string of the molecule is O=C(N1CCOC(c2nn[nH]n2)C1)C1(c2ccc(Cl)c(Cl)c2)CCCC1. The van der Waals surface area contributed by atoms with Crippen molar-refractivity contribution in [1.82, 2.24) is 25.5 Å². The smallest absolute Gasteiger partial charge is 0.233 e. The molecule has 2 heterocycles. The van der Waals surface area contributed by atoms with Crippen LogP contribution in [0.1, 0.15) is 43.2 Å². The first-order chi connectivity index (χ1) is 12.6. The standard InChI is InChI=1S/C17H19Cl2N5O2/c18-12-4-3-11(9-13(12)19)17(5-1-2-6-17)16(25)24-7-8-26-14(10-24)15-20-22-23-21-15/h3-4,9,14H,1-2,5-8,10H2,(H,20,21,22,23). The molecule has 0 bridgehead atoms. The van der Waals surface area contributed by atoms with Gasteiger partial charge < -0.3 is 9.64 Å². The lowest BCUT2D eigenvalue weighted by Crippen LogP contribution is -2.50. The number of ether oxygens (including phenoxy) is 1. The Bertz CT molecular complexity index is 792. The fourth-order valence-electron chi connectivity index (χ4n) is 4.00. The average molecular weight is 396 g/mol. The molecule has 1 N–H and O–H groups in total. The van der Waals surface area contributed by atoms with Gasteiger partial charge in [-0.05, 0) is 30.5 Å². The van der Waals surface area contributed by atoms with E-state index in [9.17, 15) is 4.79 Å². The number of morpholine rings is 1. The van der Waals surface area contributed by atoms with E-state index in [1.165, 1.54) is 0 Å². The maximum atomic E-state index is 13.6. The summed E-state index contributed by atoms with van der Waals surface area (Å²) in [6.07, 6.45) is 3.30. The number of hydrogen-bond acceptors (Lipinski definition) is 5. The number of rotatable bonds is 3. The highest BCUT2D eigenvalue weighted by Crippen LogP contribution is 2.44. The summed E-state index contributed by atoms with van der Waals surface area (Å²) in [5, 5.41) is 15.0. The van der Waals surface area contributed by atoms with Gasteiger partial charge in [-0.2, -0.15) is 5.21 Å². The van der Waals surface area contributed by atoms with Crippen molar-refractivity contribution >= 4 is 29.1 Å². The molecule has 2 aromatic rings. The molecular weight excluding hydrogens is 377 g/mol. The minimum absolute atomic E-state index is 0.116. The molecule has 4 rings (SSSR count). The van der Waals surface area contributed by atoms with E-state index in [-0.39, 0.29) is 12.0 Å². The maximum Gasteiger partial charge on any atom is 0.233 e. The molecule has 1 aliphatic carbocycles. The molecule has 7 nitrogen and oxygen atoms in total. The number of tetrazole rings is 1. The van der Waals surface area contributed by atoms with Gasteiger partial charge in [0.05, 0.1) is 28.6 Å². The summed E-state index contributed by atoms with van der Waals surface area (Å²) in [6, 6.07) is 5.53. The van der Waals surface area contributed by atoms with E-state index in [4.69, 9.17) is 27.9 Å². The Balaban J connectivity index is 1.62. The Hall–Kier alpha value is -1.70. The lowest BCUT2D eigenvalue weighted by Gasteiger charge is -2.38. The maximum absolute atomic E-state index is 13.6. The normalized spacial score (nSPS) is 22.5. The Labute approximate surface area is 161 Å². The lowest BCUT2D eigenvalue weighted by atomic mass is 9.77. The highest BCUT2D eigenvalue weighted by molar-refractivity contribution is 6.42. The van der Waals surface area contributed by atoms with E-state index in [1.807, 2.05) is 17.0 Å². The summed E-state index contributed by atoms with van der Waals surface area (Å²) in [7, 11) is 0. The summed E-state index contributed by atoms with van der Waals surface area (Å²) in [5.74, 6) is 0.586. The van der Waals surface area contributed by atoms with Crippen molar-refractivity contribution in [2.75, 3.05) is 19.7 Å². The molecule has 1 saturated heterocycles. The summed E-state index contributed by atoms with van der Waals surface area (Å²) in [5.41, 5.74) is 0.393. The van der Waals surface area contributed by atoms with Crippen molar-refractivity contribution in [3.63, 3.8) is 0 Å². The molecule has 1 aliphatic heterocycles. The van der Waals surface area contributed by atoms with Crippen LogP contribution in [0.15, 0.2) is 18.2 Å². The molecular formula is C17H19Cl2N5O2. The van der Waals surface area contributed by atoms with Crippen LogP contribution in [0.25, 0.3) is 0 Å². The topological polar surface area (TPSA) is 84.0 Å². The monoisotopic (exact) mass is 395 g/mol. The van der Waals surface area contributed by atoms with Crippen molar-refractivity contribution < 1.29 is 9.53 Å². The first-order valence-electron chi connectivity index (χ1n) is 8.70. The Morgan fingerprint density at radius 1 is 1.27 bits per heavy atom. The number of nitrogens with one attached hydrogen (secondary N) is 1. The van der Waals surface area contributed by atoms with Gasteiger partial charge in [0.25, 0.3) is 0 Å². The molecule has 2 aliphatic rings. The molecule has 1 unspecified atom stereocenters. The molecule has 138 valence electrons. The van der Waals surface area contributed by atoms with Crippen LogP contribution < -0.4 is 0 Å². The van der Waals surface area contributed by atoms with E-state index < -0.39 is 5.41 Å². The van der Waals surface area contributed by atoms with Crippen LogP contribution in [-0.4, -0.2) is 51.1 Å². The van der Waals surface area contributed by atoms with Gasteiger partial charge >= 0.3 is 0 Å². The minimum Gasteiger partial charge on any atom is -0.366 e. The zero-order valence-corrected chi connectivity index (χ0v) is 15.6. The van der Waals surface area contributed by atoms with E-state index in [1.54, 1.807) is 6.07 Å². The molecule has 9 heteroatoms. The predicted octanol–water partition coefficient (Wildman–Crippen LogP) is 2.92. The largest absolute Gasteiger partial charge is 0.366 e. The van der Waals surface area contributed by atoms with Gasteiger partial charge in [-0.15, -0.1) is 10.2 Å². The predicted molar refractivity (Wildman–Crippen MR) is 96.1 cm³/mol. The molecule has 1 aromatic heterocycles. The number of nitrogens with zero attached hydrogens (tertiary/aromatic N) is 4. The van der Waals surface area contributed by atoms with E-state index in [0.29, 0.717) is 35.6 Å². The van der Waals surface area contributed by atoms with Crippen LogP contribution >= 0.6 is 23.2 Å². The second kappa shape index (κ2) is 7.13. The number of carbonyl (C=O) groups excluding carboxylic acids is 1. The summed E-state index contributed by atoms with van der Waals surface area (Å²) < 4.78 is 5.72. The van der Waals surface area contributed by atoms with Crippen molar-refractivity contribution in [1.29, 1.82) is 0 Å². The molecule has 0 spiro atoms. The molecule has 1 aromatic carbocycles. The van der Waals surface area contributed by atoms with E-state index in [2.05, 4.69) is 20.6 Å². The third kappa shape index (κ3) is 3.08. The number of aromatic amines is 1. The summed E-state index contributed by atoms with van der Waals surface area (Å²) in [6.45, 7) is 1.42. The van der Waals surface area contributed by atoms with Gasteiger partial charge in [0, 0.05) is 6.54 Å². The van der Waals surface area contributed by atoms with Gasteiger partial charge in [-0.3, -0.25) is 4.79 Å². The first kappa shape index (κ1) is 17.7. The van der Waals surface area contributed by atoms with Gasteiger partial charge in [0.15, 0.2) is 0 Å². The van der Waals surface area contributed by atoms with Gasteiger partial charge in [-0.25, -0.2) is 0 Å². The third-order valence-electron chi connectivity index (χ3n) is 5.34. The van der Waals surface area contributed by atoms with Crippen LogP contribution in [0.3, 0.4) is 0 Å². The van der Waals surface area contributed by atoms with E-state index >= 15 is 0 Å². The molecule has 2 fully saturated rings. The van der Waals surface area contributed by atoms with Crippen molar-refractivity contribution in [3.05, 3.63) is 39.6 Å². The average Bonchev–Trinajstić information content (AvgIpc) is 3.36. The van der Waals surface area contributed by atoms with Crippen LogP contribution in [0, 0.1) is 0 Å². The van der Waals surface area contributed by atoms with Gasteiger partial charge in [0.2, 0.25) is 11.7 Å².